The maximum atomic E-state index is 13.1. The highest BCUT2D eigenvalue weighted by atomic mass is 32.1. The van der Waals surface area contributed by atoms with E-state index in [4.69, 9.17) is 9.68 Å². The van der Waals surface area contributed by atoms with Crippen LogP contribution in [0.5, 0.6) is 0 Å². The number of halogens is 1. The van der Waals surface area contributed by atoms with Crippen LogP contribution in [0.1, 0.15) is 29.6 Å². The van der Waals surface area contributed by atoms with E-state index in [1.165, 1.54) is 23.5 Å². The highest BCUT2D eigenvalue weighted by Crippen LogP contribution is 2.34. The summed E-state index contributed by atoms with van der Waals surface area (Å²) in [5.74, 6) is -0.0636. The van der Waals surface area contributed by atoms with Crippen molar-refractivity contribution in [2.24, 2.45) is 0 Å². The smallest absolute Gasteiger partial charge is 0.230 e. The molecule has 0 bridgehead atoms. The Bertz CT molecular complexity index is 1320. The van der Waals surface area contributed by atoms with E-state index in [-0.39, 0.29) is 24.0 Å². The van der Waals surface area contributed by atoms with Crippen LogP contribution in [0.3, 0.4) is 0 Å². The van der Waals surface area contributed by atoms with Crippen molar-refractivity contribution in [1.29, 1.82) is 5.26 Å². The monoisotopic (exact) mass is 434 g/mol. The first kappa shape index (κ1) is 19.3. The lowest BCUT2D eigenvalue weighted by atomic mass is 10.1. The minimum atomic E-state index is -0.722. The molecule has 1 aliphatic carbocycles. The second-order valence-electron chi connectivity index (χ2n) is 7.32. The number of nitrogens with one attached hydrogen (secondary N) is 1. The number of carbonyl (C=O) groups is 1. The Morgan fingerprint density at radius 3 is 2.68 bits per heavy atom. The van der Waals surface area contributed by atoms with E-state index in [0.717, 1.165) is 26.6 Å². The molecule has 31 heavy (non-hydrogen) atoms. The van der Waals surface area contributed by atoms with Crippen molar-refractivity contribution in [2.45, 2.75) is 31.2 Å². The van der Waals surface area contributed by atoms with Crippen molar-refractivity contribution in [1.82, 2.24) is 25.5 Å². The molecule has 0 radical (unpaired) electrons. The zero-order valence-electron chi connectivity index (χ0n) is 16.1. The Morgan fingerprint density at radius 1 is 1.16 bits per heavy atom. The van der Waals surface area contributed by atoms with Gasteiger partial charge in [0, 0.05) is 5.56 Å². The van der Waals surface area contributed by atoms with Crippen LogP contribution in [-0.4, -0.2) is 31.6 Å². The Labute approximate surface area is 179 Å². The first-order valence-corrected chi connectivity index (χ1v) is 10.4. The molecule has 0 aliphatic heterocycles. The lowest BCUT2D eigenvalue weighted by Gasteiger charge is -2.06. The van der Waals surface area contributed by atoms with E-state index in [2.05, 4.69) is 31.6 Å². The molecule has 0 spiro atoms. The van der Waals surface area contributed by atoms with E-state index >= 15 is 0 Å². The molecule has 10 heteroatoms. The van der Waals surface area contributed by atoms with Gasteiger partial charge >= 0.3 is 0 Å². The molecule has 4 aromatic rings. The molecule has 1 amide bonds. The van der Waals surface area contributed by atoms with Gasteiger partial charge in [0.15, 0.2) is 0 Å². The Balaban J connectivity index is 1.28. The summed E-state index contributed by atoms with van der Waals surface area (Å²) in [6.45, 7) is 0. The number of aromatic nitrogens is 4. The van der Waals surface area contributed by atoms with Crippen LogP contribution < -0.4 is 5.32 Å². The molecule has 8 nitrogen and oxygen atoms in total. The molecule has 3 heterocycles. The van der Waals surface area contributed by atoms with Crippen LogP contribution >= 0.6 is 11.3 Å². The number of benzene rings is 1. The molecule has 1 saturated carbocycles. The molecule has 0 unspecified atom stereocenters. The van der Waals surface area contributed by atoms with Crippen molar-refractivity contribution in [3.05, 3.63) is 59.0 Å². The minimum absolute atomic E-state index is 0.0706. The van der Waals surface area contributed by atoms with Crippen molar-refractivity contribution in [2.75, 3.05) is 0 Å². The van der Waals surface area contributed by atoms with Gasteiger partial charge in [-0.15, -0.1) is 10.2 Å². The molecular formula is C21H15FN6O2S. The molecule has 0 atom stereocenters. The number of nitriles is 1. The maximum Gasteiger partial charge on any atom is 0.230 e. The van der Waals surface area contributed by atoms with Crippen LogP contribution in [0.15, 0.2) is 40.8 Å². The van der Waals surface area contributed by atoms with Gasteiger partial charge in [0.05, 0.1) is 18.2 Å². The number of rotatable bonds is 6. The summed E-state index contributed by atoms with van der Waals surface area (Å²) in [5.41, 5.74) is 1.58. The van der Waals surface area contributed by atoms with Crippen LogP contribution in [0.4, 0.5) is 4.39 Å². The largest absolute Gasteiger partial charge is 0.424 e. The molecule has 5 rings (SSSR count). The van der Waals surface area contributed by atoms with E-state index < -0.39 is 5.54 Å². The second kappa shape index (κ2) is 7.52. The predicted molar refractivity (Wildman–Crippen MR) is 109 cm³/mol. The standard InChI is InChI=1S/C21H15FN6O2S/c22-13-3-1-12(2-4-13)14-5-6-15-20(25-14)31-19(24-15)10-18-28-27-17(30-18)9-16(29)26-21(11-23)7-8-21/h1-6H,7-10H2,(H,26,29). The van der Waals surface area contributed by atoms with E-state index in [1.807, 2.05) is 12.1 Å². The van der Waals surface area contributed by atoms with Gasteiger partial charge in [0.25, 0.3) is 0 Å². The zero-order chi connectivity index (χ0) is 21.4. The van der Waals surface area contributed by atoms with Gasteiger partial charge in [-0.1, -0.05) is 11.3 Å². The minimum Gasteiger partial charge on any atom is -0.424 e. The molecule has 154 valence electrons. The van der Waals surface area contributed by atoms with Gasteiger partial charge in [-0.25, -0.2) is 14.4 Å². The molecule has 1 N–H and O–H groups in total. The fourth-order valence-electron chi connectivity index (χ4n) is 3.12. The average Bonchev–Trinajstić information content (AvgIpc) is 3.20. The summed E-state index contributed by atoms with van der Waals surface area (Å²) in [6.07, 6.45) is 1.58. The first-order chi connectivity index (χ1) is 15.0. The van der Waals surface area contributed by atoms with Crippen LogP contribution in [0.25, 0.3) is 21.6 Å². The van der Waals surface area contributed by atoms with E-state index in [9.17, 15) is 9.18 Å². The fourth-order valence-corrected chi connectivity index (χ4v) is 4.04. The fraction of sp³-hybridized carbons (Fsp3) is 0.238. The average molecular weight is 434 g/mol. The summed E-state index contributed by atoms with van der Waals surface area (Å²) in [4.78, 5) is 22.0. The van der Waals surface area contributed by atoms with E-state index in [1.54, 1.807) is 12.1 Å². The number of pyridine rings is 1. The number of hydrogen-bond donors (Lipinski definition) is 1. The van der Waals surface area contributed by atoms with Crippen molar-refractivity contribution < 1.29 is 13.6 Å². The molecule has 1 aromatic carbocycles. The van der Waals surface area contributed by atoms with Gasteiger partial charge in [-0.3, -0.25) is 4.79 Å². The number of hydrogen-bond acceptors (Lipinski definition) is 8. The lowest BCUT2D eigenvalue weighted by Crippen LogP contribution is -2.36. The summed E-state index contributed by atoms with van der Waals surface area (Å²) in [7, 11) is 0. The van der Waals surface area contributed by atoms with Gasteiger partial charge in [0.1, 0.15) is 33.1 Å². The highest BCUT2D eigenvalue weighted by molar-refractivity contribution is 7.18. The van der Waals surface area contributed by atoms with Gasteiger partial charge < -0.3 is 9.73 Å². The van der Waals surface area contributed by atoms with E-state index in [0.29, 0.717) is 25.2 Å². The van der Waals surface area contributed by atoms with Crippen molar-refractivity contribution in [3.8, 4) is 17.3 Å². The Kier molecular flexibility index (Phi) is 4.67. The quantitative estimate of drug-likeness (QED) is 0.495. The topological polar surface area (TPSA) is 118 Å². The third kappa shape index (κ3) is 4.13. The highest BCUT2D eigenvalue weighted by Gasteiger charge is 2.44. The normalized spacial score (nSPS) is 14.3. The number of carbonyl (C=O) groups excluding carboxylic acids is 1. The Hall–Kier alpha value is -3.71. The SMILES string of the molecule is N#CC1(NC(=O)Cc2nnc(Cc3nc4ccc(-c5ccc(F)cc5)nc4s3)o2)CC1. The number of thiazole rings is 1. The summed E-state index contributed by atoms with van der Waals surface area (Å²) >= 11 is 1.41. The van der Waals surface area contributed by atoms with Gasteiger partial charge in [0.2, 0.25) is 17.7 Å². The zero-order valence-corrected chi connectivity index (χ0v) is 16.9. The third-order valence-corrected chi connectivity index (χ3v) is 5.87. The lowest BCUT2D eigenvalue weighted by molar-refractivity contribution is -0.121. The Morgan fingerprint density at radius 2 is 1.94 bits per heavy atom. The second-order valence-corrected chi connectivity index (χ2v) is 8.38. The van der Waals surface area contributed by atoms with Crippen LogP contribution in [0.2, 0.25) is 0 Å². The first-order valence-electron chi connectivity index (χ1n) is 9.58. The predicted octanol–water partition coefficient (Wildman–Crippen LogP) is 3.19. The van der Waals surface area contributed by atoms with Crippen LogP contribution in [-0.2, 0) is 17.6 Å². The summed E-state index contributed by atoms with van der Waals surface area (Å²) in [6, 6.07) is 12.0. The van der Waals surface area contributed by atoms with Gasteiger partial charge in [-0.05, 0) is 49.2 Å². The molecule has 3 aromatic heterocycles. The van der Waals surface area contributed by atoms with Crippen molar-refractivity contribution >= 4 is 27.6 Å². The molecule has 1 fully saturated rings. The number of amides is 1. The molecule has 1 aliphatic rings. The third-order valence-electron chi connectivity index (χ3n) is 4.91. The maximum absolute atomic E-state index is 13.1. The number of nitrogens with zero attached hydrogens (tertiary/aromatic N) is 5. The molecule has 0 saturated heterocycles. The van der Waals surface area contributed by atoms with Crippen molar-refractivity contribution in [3.63, 3.8) is 0 Å². The summed E-state index contributed by atoms with van der Waals surface area (Å²) < 4.78 is 18.7. The van der Waals surface area contributed by atoms with Gasteiger partial charge in [-0.2, -0.15) is 5.26 Å². The molecular weight excluding hydrogens is 419 g/mol. The number of fused-ring (bicyclic) bond motifs is 1. The van der Waals surface area contributed by atoms with Crippen LogP contribution in [0, 0.1) is 17.1 Å². The summed E-state index contributed by atoms with van der Waals surface area (Å²) in [5, 5.41) is 20.4.